The molecule has 166 valence electrons. The summed E-state index contributed by atoms with van der Waals surface area (Å²) < 4.78 is 27.9. The van der Waals surface area contributed by atoms with Crippen LogP contribution >= 0.6 is 0 Å². The molecule has 4 N–H and O–H groups in total. The average Bonchev–Trinajstić information content (AvgIpc) is 2.72. The highest BCUT2D eigenvalue weighted by molar-refractivity contribution is 5.69. The Labute approximate surface area is 180 Å². The van der Waals surface area contributed by atoms with Crippen molar-refractivity contribution in [3.63, 3.8) is 0 Å². The van der Waals surface area contributed by atoms with Gasteiger partial charge in [-0.05, 0) is 47.5 Å². The summed E-state index contributed by atoms with van der Waals surface area (Å²) in [6.45, 7) is -0.306. The lowest BCUT2D eigenvalue weighted by molar-refractivity contribution is -0.137. The van der Waals surface area contributed by atoms with Gasteiger partial charge in [0.25, 0.3) is 0 Å². The Kier molecular flexibility index (Phi) is 7.41. The van der Waals surface area contributed by atoms with E-state index in [1.165, 1.54) is 24.3 Å². The lowest BCUT2D eigenvalue weighted by Gasteiger charge is -2.07. The molecule has 0 radical (unpaired) electrons. The number of nitrogens with zero attached hydrogens (tertiary/aromatic N) is 4. The van der Waals surface area contributed by atoms with Gasteiger partial charge in [0.15, 0.2) is 0 Å². The molecule has 0 fully saturated rings. The van der Waals surface area contributed by atoms with E-state index in [0.717, 1.165) is 0 Å². The predicted molar refractivity (Wildman–Crippen MR) is 107 cm³/mol. The van der Waals surface area contributed by atoms with Crippen molar-refractivity contribution in [1.29, 1.82) is 0 Å². The molecule has 0 atom stereocenters. The number of hydrogen-bond donors (Lipinski definition) is 4. The normalized spacial score (nSPS) is 10.8. The molecule has 1 heterocycles. The van der Waals surface area contributed by atoms with Crippen molar-refractivity contribution in [2.24, 2.45) is 0 Å². The number of aromatic nitrogens is 4. The highest BCUT2D eigenvalue weighted by Crippen LogP contribution is 2.21. The highest BCUT2D eigenvalue weighted by atomic mass is 19.1. The van der Waals surface area contributed by atoms with Gasteiger partial charge in [-0.1, -0.05) is 0 Å². The van der Waals surface area contributed by atoms with Crippen molar-refractivity contribution in [3.05, 3.63) is 59.2 Å². The molecule has 0 saturated carbocycles. The van der Waals surface area contributed by atoms with E-state index in [1.54, 1.807) is 12.1 Å². The number of carboxylic acid groups (broad SMARTS) is 2. The first kappa shape index (κ1) is 22.8. The number of nitrogens with one attached hydrogen (secondary N) is 2. The molecule has 0 aliphatic heterocycles. The third-order valence-corrected chi connectivity index (χ3v) is 4.12. The van der Waals surface area contributed by atoms with Crippen LogP contribution in [0.3, 0.4) is 0 Å². The SMILES string of the molecule is O=C(O)CNCc1cc(F)cc(-c2nnc(-c3cc([18F])cc(CNCC(=O)O)c3)nn2)c1. The van der Waals surface area contributed by atoms with E-state index in [-0.39, 0.29) is 37.8 Å². The summed E-state index contributed by atoms with van der Waals surface area (Å²) in [6.07, 6.45) is 0. The summed E-state index contributed by atoms with van der Waals surface area (Å²) in [5, 5.41) is 38.4. The van der Waals surface area contributed by atoms with Crippen molar-refractivity contribution in [2.75, 3.05) is 13.1 Å². The van der Waals surface area contributed by atoms with Gasteiger partial charge in [-0.2, -0.15) is 0 Å². The Bertz CT molecular complexity index is 1040. The van der Waals surface area contributed by atoms with Crippen molar-refractivity contribution >= 4 is 11.9 Å². The van der Waals surface area contributed by atoms with Crippen LogP contribution in [0.4, 0.5) is 8.78 Å². The number of carboxylic acids is 2. The lowest BCUT2D eigenvalue weighted by atomic mass is 10.1. The number of hydrogen-bond acceptors (Lipinski definition) is 8. The van der Waals surface area contributed by atoms with Crippen LogP contribution in [0.15, 0.2) is 36.4 Å². The number of benzene rings is 2. The van der Waals surface area contributed by atoms with Gasteiger partial charge in [0.05, 0.1) is 13.1 Å². The fourth-order valence-electron chi connectivity index (χ4n) is 2.85. The molecular weight excluding hydrogens is 425 g/mol. The van der Waals surface area contributed by atoms with Crippen LogP contribution in [-0.2, 0) is 22.7 Å². The van der Waals surface area contributed by atoms with Gasteiger partial charge >= 0.3 is 11.9 Å². The lowest BCUT2D eigenvalue weighted by Crippen LogP contribution is -2.22. The zero-order valence-corrected chi connectivity index (χ0v) is 16.5. The summed E-state index contributed by atoms with van der Waals surface area (Å²) in [4.78, 5) is 21.2. The van der Waals surface area contributed by atoms with Gasteiger partial charge in [-0.15, -0.1) is 20.4 Å². The molecule has 3 rings (SSSR count). The summed E-state index contributed by atoms with van der Waals surface area (Å²) in [5.74, 6) is -3.13. The number of aliphatic carboxylic acids is 2. The fourth-order valence-corrected chi connectivity index (χ4v) is 2.85. The first-order valence-electron chi connectivity index (χ1n) is 9.32. The maximum absolute atomic E-state index is 14.0. The van der Waals surface area contributed by atoms with E-state index >= 15 is 0 Å². The minimum atomic E-state index is -1.04. The second-order valence-corrected chi connectivity index (χ2v) is 6.74. The molecule has 0 unspecified atom stereocenters. The van der Waals surface area contributed by atoms with E-state index in [4.69, 9.17) is 10.2 Å². The van der Waals surface area contributed by atoms with Crippen LogP contribution in [0.25, 0.3) is 22.8 Å². The number of rotatable bonds is 10. The summed E-state index contributed by atoms with van der Waals surface area (Å²) in [6, 6.07) is 8.02. The van der Waals surface area contributed by atoms with Crippen molar-refractivity contribution in [3.8, 4) is 22.8 Å². The summed E-state index contributed by atoms with van der Waals surface area (Å²) >= 11 is 0. The first-order valence-corrected chi connectivity index (χ1v) is 9.32. The molecule has 3 aromatic rings. The van der Waals surface area contributed by atoms with Gasteiger partial charge in [0.2, 0.25) is 11.6 Å². The third kappa shape index (κ3) is 6.55. The summed E-state index contributed by atoms with van der Waals surface area (Å²) in [7, 11) is 0. The standard InChI is InChI=1S/C20H18F2N6O4/c21-15-3-11(7-23-9-17(29)30)1-13(5-15)19-25-27-20(28-26-19)14-2-12(4-16(22)6-14)8-24-10-18(31)32/h1-6,23-24H,7-10H2,(H,29,30)(H,31,32)/i21-1. The molecule has 0 saturated heterocycles. The van der Waals surface area contributed by atoms with Crippen molar-refractivity contribution < 1.29 is 28.6 Å². The van der Waals surface area contributed by atoms with Crippen LogP contribution in [0.2, 0.25) is 0 Å². The average molecular weight is 443 g/mol. The molecule has 0 amide bonds. The zero-order chi connectivity index (χ0) is 23.1. The number of halogens is 2. The minimum absolute atomic E-state index is 0.0347. The highest BCUT2D eigenvalue weighted by Gasteiger charge is 2.11. The second kappa shape index (κ2) is 10.4. The van der Waals surface area contributed by atoms with Gasteiger partial charge in [-0.25, -0.2) is 8.78 Å². The molecule has 0 spiro atoms. The Morgan fingerprint density at radius 3 is 1.41 bits per heavy atom. The van der Waals surface area contributed by atoms with Crippen LogP contribution < -0.4 is 10.6 Å². The monoisotopic (exact) mass is 443 g/mol. The van der Waals surface area contributed by atoms with Crippen molar-refractivity contribution in [2.45, 2.75) is 13.1 Å². The van der Waals surface area contributed by atoms with Gasteiger partial charge in [-0.3, -0.25) is 9.59 Å². The van der Waals surface area contributed by atoms with E-state index in [9.17, 15) is 18.4 Å². The molecule has 10 nitrogen and oxygen atoms in total. The molecule has 1 aromatic heterocycles. The molecule has 0 aliphatic rings. The molecule has 32 heavy (non-hydrogen) atoms. The molecular formula is C20H18F2N6O4. The predicted octanol–water partition coefficient (Wildman–Crippen LogP) is 1.23. The largest absolute Gasteiger partial charge is 0.480 e. The Balaban J connectivity index is 1.78. The van der Waals surface area contributed by atoms with E-state index in [0.29, 0.717) is 22.3 Å². The van der Waals surface area contributed by atoms with Gasteiger partial charge in [0, 0.05) is 24.2 Å². The zero-order valence-electron chi connectivity index (χ0n) is 16.5. The maximum Gasteiger partial charge on any atom is 0.317 e. The Hall–Kier alpha value is -3.90. The molecule has 0 bridgehead atoms. The van der Waals surface area contributed by atoms with Crippen LogP contribution in [0.5, 0.6) is 0 Å². The Morgan fingerprint density at radius 1 is 0.688 bits per heavy atom. The third-order valence-electron chi connectivity index (χ3n) is 4.12. The maximum atomic E-state index is 14.0. The second-order valence-electron chi connectivity index (χ2n) is 6.74. The van der Waals surface area contributed by atoms with Crippen LogP contribution in [0, 0.1) is 11.6 Å². The molecule has 12 heteroatoms. The van der Waals surface area contributed by atoms with Gasteiger partial charge < -0.3 is 20.8 Å². The van der Waals surface area contributed by atoms with Crippen molar-refractivity contribution in [1.82, 2.24) is 31.0 Å². The van der Waals surface area contributed by atoms with Crippen LogP contribution in [-0.4, -0.2) is 55.6 Å². The fraction of sp³-hybridized carbons (Fsp3) is 0.200. The van der Waals surface area contributed by atoms with E-state index in [2.05, 4.69) is 31.0 Å². The minimum Gasteiger partial charge on any atom is -0.480 e. The molecule has 0 aliphatic carbocycles. The van der Waals surface area contributed by atoms with Gasteiger partial charge in [0.1, 0.15) is 11.6 Å². The Morgan fingerprint density at radius 2 is 1.06 bits per heavy atom. The van der Waals surface area contributed by atoms with E-state index < -0.39 is 23.6 Å². The van der Waals surface area contributed by atoms with Crippen LogP contribution in [0.1, 0.15) is 11.1 Å². The quantitative estimate of drug-likeness (QED) is 0.360. The summed E-state index contributed by atoms with van der Waals surface area (Å²) in [5.41, 5.74) is 1.55. The smallest absolute Gasteiger partial charge is 0.317 e. The topological polar surface area (TPSA) is 150 Å². The number of carbonyl (C=O) groups is 2. The van der Waals surface area contributed by atoms with E-state index in [1.807, 2.05) is 0 Å². The first-order chi connectivity index (χ1) is 15.3. The molecule has 2 aromatic carbocycles.